The highest BCUT2D eigenvalue weighted by Gasteiger charge is 2.29. The maximum atomic E-state index is 2.97. The summed E-state index contributed by atoms with van der Waals surface area (Å²) in [6.45, 7) is 13.9. The summed E-state index contributed by atoms with van der Waals surface area (Å²) in [5.41, 5.74) is 0. The summed E-state index contributed by atoms with van der Waals surface area (Å²) in [4.78, 5) is 0. The lowest BCUT2D eigenvalue weighted by Gasteiger charge is -2.37. The first-order chi connectivity index (χ1) is 4.76. The van der Waals surface area contributed by atoms with E-state index in [4.69, 9.17) is 0 Å². The van der Waals surface area contributed by atoms with Crippen molar-refractivity contribution in [3.63, 3.8) is 0 Å². The first-order valence-corrected chi connectivity index (χ1v) is 5.13. The van der Waals surface area contributed by atoms with Crippen molar-refractivity contribution in [2.75, 3.05) is 0 Å². The van der Waals surface area contributed by atoms with E-state index in [1.165, 1.54) is 0 Å². The van der Waals surface area contributed by atoms with Gasteiger partial charge in [-0.1, -0.05) is 41.5 Å². The van der Waals surface area contributed by atoms with E-state index in [1.54, 1.807) is 0 Å². The largest absolute Gasteiger partial charge is 0.131 e. The molecule has 11 heavy (non-hydrogen) atoms. The lowest BCUT2D eigenvalue weighted by molar-refractivity contribution is 0.235. The Bertz CT molecular complexity index is 101. The van der Waals surface area contributed by atoms with Gasteiger partial charge in [-0.15, -0.1) is 9.24 Å². The van der Waals surface area contributed by atoms with Crippen LogP contribution in [0, 0.1) is 17.8 Å². The van der Waals surface area contributed by atoms with Crippen molar-refractivity contribution in [1.29, 1.82) is 0 Å². The third-order valence-electron chi connectivity index (χ3n) is 2.30. The van der Waals surface area contributed by atoms with Crippen LogP contribution >= 0.6 is 9.24 Å². The van der Waals surface area contributed by atoms with E-state index in [0.717, 1.165) is 17.8 Å². The molecule has 0 aromatic carbocycles. The quantitative estimate of drug-likeness (QED) is 0.574. The Hall–Kier alpha value is 0.430. The zero-order chi connectivity index (χ0) is 9.23. The molecule has 68 valence electrons. The van der Waals surface area contributed by atoms with Crippen LogP contribution in [0.25, 0.3) is 0 Å². The van der Waals surface area contributed by atoms with E-state index in [9.17, 15) is 0 Å². The average molecular weight is 174 g/mol. The normalized spacial score (nSPS) is 13.6. The van der Waals surface area contributed by atoms with Gasteiger partial charge in [-0.3, -0.25) is 0 Å². The van der Waals surface area contributed by atoms with E-state index < -0.39 is 0 Å². The molecule has 0 N–H and O–H groups in total. The number of hydrogen-bond acceptors (Lipinski definition) is 0. The summed E-state index contributed by atoms with van der Waals surface area (Å²) >= 11 is 0. The molecule has 1 atom stereocenters. The van der Waals surface area contributed by atoms with Crippen LogP contribution in [0.3, 0.4) is 0 Å². The van der Waals surface area contributed by atoms with E-state index in [2.05, 4.69) is 50.8 Å². The van der Waals surface area contributed by atoms with E-state index in [-0.39, 0.29) is 0 Å². The lowest BCUT2D eigenvalue weighted by atomic mass is 9.77. The third-order valence-corrected chi connectivity index (χ3v) is 2.68. The molecule has 0 aromatic rings. The van der Waals surface area contributed by atoms with Gasteiger partial charge in [0.1, 0.15) is 0 Å². The summed E-state index contributed by atoms with van der Waals surface area (Å²) in [5.74, 6) is 2.36. The van der Waals surface area contributed by atoms with Gasteiger partial charge in [0.25, 0.3) is 0 Å². The Kier molecular flexibility index (Phi) is 4.05. The minimum absolute atomic E-state index is 0.377. The molecule has 0 aromatic heterocycles. The lowest BCUT2D eigenvalue weighted by Crippen LogP contribution is -2.32. The molecule has 1 heteroatoms. The van der Waals surface area contributed by atoms with Crippen LogP contribution in [0.15, 0.2) is 0 Å². The minimum Gasteiger partial charge on any atom is -0.131 e. The average Bonchev–Trinajstić information content (AvgIpc) is 1.54. The van der Waals surface area contributed by atoms with Crippen molar-refractivity contribution in [3.8, 4) is 0 Å². The molecular weight excluding hydrogens is 151 g/mol. The first kappa shape index (κ1) is 11.4. The van der Waals surface area contributed by atoms with Crippen molar-refractivity contribution < 1.29 is 0 Å². The van der Waals surface area contributed by atoms with E-state index >= 15 is 0 Å². The molecule has 0 rings (SSSR count). The van der Waals surface area contributed by atoms with Crippen molar-refractivity contribution in [2.45, 2.75) is 46.7 Å². The Morgan fingerprint density at radius 1 is 0.909 bits per heavy atom. The van der Waals surface area contributed by atoms with Gasteiger partial charge in [0, 0.05) is 0 Å². The molecule has 0 saturated carbocycles. The zero-order valence-electron chi connectivity index (χ0n) is 8.81. The standard InChI is InChI=1S/C10H23P/c1-7(2)9(8(3)4)10(5,6)11/h7-9H,11H2,1-6H3. The van der Waals surface area contributed by atoms with E-state index in [1.807, 2.05) is 0 Å². The highest BCUT2D eigenvalue weighted by Crippen LogP contribution is 2.37. The second-order valence-corrected chi connectivity index (χ2v) is 6.32. The molecule has 0 aliphatic rings. The molecule has 0 saturated heterocycles. The predicted molar refractivity (Wildman–Crippen MR) is 57.0 cm³/mol. The number of hydrogen-bond donors (Lipinski definition) is 0. The Morgan fingerprint density at radius 2 is 1.18 bits per heavy atom. The van der Waals surface area contributed by atoms with Gasteiger partial charge in [0.2, 0.25) is 0 Å². The fourth-order valence-electron chi connectivity index (χ4n) is 2.49. The molecule has 0 radical (unpaired) electrons. The molecule has 0 aliphatic carbocycles. The highest BCUT2D eigenvalue weighted by atomic mass is 31.0. The second-order valence-electron chi connectivity index (χ2n) is 4.84. The molecule has 0 fully saturated rings. The van der Waals surface area contributed by atoms with Crippen LogP contribution in [0.2, 0.25) is 0 Å². The van der Waals surface area contributed by atoms with Gasteiger partial charge >= 0.3 is 0 Å². The van der Waals surface area contributed by atoms with Crippen LogP contribution in [0.5, 0.6) is 0 Å². The summed E-state index contributed by atoms with van der Waals surface area (Å²) in [6, 6.07) is 0. The van der Waals surface area contributed by atoms with Crippen LogP contribution in [0.4, 0.5) is 0 Å². The van der Waals surface area contributed by atoms with Crippen LogP contribution in [0.1, 0.15) is 41.5 Å². The van der Waals surface area contributed by atoms with Gasteiger partial charge < -0.3 is 0 Å². The van der Waals surface area contributed by atoms with Gasteiger partial charge in [0.15, 0.2) is 0 Å². The first-order valence-electron chi connectivity index (χ1n) is 4.55. The van der Waals surface area contributed by atoms with Gasteiger partial charge in [-0.05, 0) is 22.9 Å². The van der Waals surface area contributed by atoms with Crippen LogP contribution in [-0.2, 0) is 0 Å². The van der Waals surface area contributed by atoms with Crippen LogP contribution < -0.4 is 0 Å². The van der Waals surface area contributed by atoms with Gasteiger partial charge in [-0.25, -0.2) is 0 Å². The SMILES string of the molecule is CC(C)C(C(C)C)C(C)(C)P. The van der Waals surface area contributed by atoms with Crippen molar-refractivity contribution in [3.05, 3.63) is 0 Å². The van der Waals surface area contributed by atoms with Crippen molar-refractivity contribution in [1.82, 2.24) is 0 Å². The van der Waals surface area contributed by atoms with Gasteiger partial charge in [-0.2, -0.15) is 0 Å². The fraction of sp³-hybridized carbons (Fsp3) is 1.00. The molecule has 0 spiro atoms. The monoisotopic (exact) mass is 174 g/mol. The maximum absolute atomic E-state index is 2.97. The predicted octanol–water partition coefficient (Wildman–Crippen LogP) is 3.57. The Balaban J connectivity index is 4.35. The Labute approximate surface area is 74.4 Å². The molecule has 1 unspecified atom stereocenters. The minimum atomic E-state index is 0.377. The molecular formula is C10H23P. The van der Waals surface area contributed by atoms with Crippen molar-refractivity contribution in [2.24, 2.45) is 17.8 Å². The molecule has 0 amide bonds. The fourth-order valence-corrected chi connectivity index (χ4v) is 3.26. The summed E-state index contributed by atoms with van der Waals surface area (Å²) in [5, 5.41) is 0.377. The third kappa shape index (κ3) is 3.56. The Morgan fingerprint density at radius 3 is 1.18 bits per heavy atom. The van der Waals surface area contributed by atoms with Gasteiger partial charge in [0.05, 0.1) is 0 Å². The van der Waals surface area contributed by atoms with Crippen molar-refractivity contribution >= 4 is 9.24 Å². The summed E-state index contributed by atoms with van der Waals surface area (Å²) < 4.78 is 0. The molecule has 0 bridgehead atoms. The van der Waals surface area contributed by atoms with E-state index in [0.29, 0.717) is 5.16 Å². The number of rotatable bonds is 3. The van der Waals surface area contributed by atoms with Crippen LogP contribution in [-0.4, -0.2) is 5.16 Å². The summed E-state index contributed by atoms with van der Waals surface area (Å²) in [7, 11) is 2.97. The molecule has 0 nitrogen and oxygen atoms in total. The smallest absolute Gasteiger partial charge is 0.0173 e. The zero-order valence-corrected chi connectivity index (χ0v) is 9.96. The maximum Gasteiger partial charge on any atom is -0.0173 e. The highest BCUT2D eigenvalue weighted by molar-refractivity contribution is 7.18. The second kappa shape index (κ2) is 3.90. The molecule has 0 heterocycles. The molecule has 0 aliphatic heterocycles. The summed E-state index contributed by atoms with van der Waals surface area (Å²) in [6.07, 6.45) is 0. The topological polar surface area (TPSA) is 0 Å².